The molecule has 0 spiro atoms. The summed E-state index contributed by atoms with van der Waals surface area (Å²) in [5, 5.41) is 14.6. The predicted molar refractivity (Wildman–Crippen MR) is 123 cm³/mol. The molecule has 3 heterocycles. The fourth-order valence-corrected chi connectivity index (χ4v) is 4.08. The van der Waals surface area contributed by atoms with Gasteiger partial charge in [-0.15, -0.1) is 0 Å². The number of rotatable bonds is 5. The zero-order valence-electron chi connectivity index (χ0n) is 17.8. The summed E-state index contributed by atoms with van der Waals surface area (Å²) >= 11 is 0. The normalized spacial score (nSPS) is 13.9. The Morgan fingerprint density at radius 1 is 0.938 bits per heavy atom. The average molecular weight is 425 g/mol. The molecule has 2 aromatic heterocycles. The molecule has 0 radical (unpaired) electrons. The molecule has 0 bridgehead atoms. The minimum atomic E-state index is 0.635. The van der Waals surface area contributed by atoms with Crippen molar-refractivity contribution in [1.29, 1.82) is 5.26 Å². The van der Waals surface area contributed by atoms with E-state index < -0.39 is 0 Å². The van der Waals surface area contributed by atoms with Gasteiger partial charge in [-0.05, 0) is 42.0 Å². The number of piperazine rings is 1. The first-order valence-corrected chi connectivity index (χ1v) is 10.5. The van der Waals surface area contributed by atoms with Crippen LogP contribution in [-0.2, 0) is 6.54 Å². The van der Waals surface area contributed by atoms with Crippen LogP contribution in [0, 0.1) is 11.3 Å². The van der Waals surface area contributed by atoms with E-state index in [1.54, 1.807) is 13.4 Å². The highest BCUT2D eigenvalue weighted by atomic mass is 16.5. The first-order chi connectivity index (χ1) is 15.7. The molecular weight excluding hydrogens is 402 g/mol. The number of fused-ring (bicyclic) bond motifs is 1. The molecule has 8 nitrogen and oxygen atoms in total. The number of anilines is 2. The molecule has 8 heteroatoms. The van der Waals surface area contributed by atoms with E-state index in [0.717, 1.165) is 60.0 Å². The number of aromatic nitrogens is 4. The van der Waals surface area contributed by atoms with E-state index in [0.29, 0.717) is 12.1 Å². The van der Waals surface area contributed by atoms with E-state index in [2.05, 4.69) is 30.9 Å². The lowest BCUT2D eigenvalue weighted by atomic mass is 10.2. The zero-order valence-corrected chi connectivity index (χ0v) is 17.8. The molecule has 0 amide bonds. The van der Waals surface area contributed by atoms with Crippen molar-refractivity contribution in [2.45, 2.75) is 6.54 Å². The highest BCUT2D eigenvalue weighted by Gasteiger charge is 2.21. The molecule has 0 unspecified atom stereocenters. The van der Waals surface area contributed by atoms with Crippen LogP contribution >= 0.6 is 0 Å². The molecule has 1 aliphatic rings. The zero-order chi connectivity index (χ0) is 21.9. The van der Waals surface area contributed by atoms with Crippen molar-refractivity contribution in [3.05, 3.63) is 72.2 Å². The number of nitrogens with zero attached hydrogens (tertiary/aromatic N) is 7. The topological polar surface area (TPSA) is 83.1 Å². The lowest BCUT2D eigenvalue weighted by Gasteiger charge is -2.36. The fourth-order valence-electron chi connectivity index (χ4n) is 4.08. The molecule has 160 valence electrons. The molecule has 0 saturated carbocycles. The van der Waals surface area contributed by atoms with Gasteiger partial charge >= 0.3 is 0 Å². The molecular formula is C24H23N7O. The predicted octanol–water partition coefficient (Wildman–Crippen LogP) is 3.08. The second kappa shape index (κ2) is 8.55. The minimum absolute atomic E-state index is 0.635. The Balaban J connectivity index is 1.32. The number of hydrogen-bond donors (Lipinski definition) is 0. The number of methoxy groups -OCH3 is 1. The third-order valence-corrected chi connectivity index (χ3v) is 5.84. The van der Waals surface area contributed by atoms with Gasteiger partial charge in [0.15, 0.2) is 5.65 Å². The minimum Gasteiger partial charge on any atom is -0.497 e. The van der Waals surface area contributed by atoms with Gasteiger partial charge in [-0.3, -0.25) is 0 Å². The van der Waals surface area contributed by atoms with E-state index in [9.17, 15) is 0 Å². The maximum absolute atomic E-state index is 9.00. The fraction of sp³-hybridized carbons (Fsp3) is 0.250. The van der Waals surface area contributed by atoms with Gasteiger partial charge in [0.2, 0.25) is 0 Å². The van der Waals surface area contributed by atoms with Crippen molar-refractivity contribution >= 4 is 22.5 Å². The molecule has 1 aliphatic heterocycles. The Labute approximate surface area is 186 Å². The molecule has 0 atom stereocenters. The Hall–Kier alpha value is -4.12. The SMILES string of the molecule is COc1ccc(Cn2ncc3c(N4CCN(c5ccc(C#N)cc5)CC4)ncnc32)cc1. The van der Waals surface area contributed by atoms with Crippen molar-refractivity contribution in [2.24, 2.45) is 0 Å². The summed E-state index contributed by atoms with van der Waals surface area (Å²) in [7, 11) is 1.67. The Morgan fingerprint density at radius 2 is 1.66 bits per heavy atom. The molecule has 1 saturated heterocycles. The van der Waals surface area contributed by atoms with E-state index >= 15 is 0 Å². The van der Waals surface area contributed by atoms with Crippen LogP contribution in [-0.4, -0.2) is 53.0 Å². The van der Waals surface area contributed by atoms with Crippen LogP contribution in [0.25, 0.3) is 11.0 Å². The largest absolute Gasteiger partial charge is 0.497 e. The van der Waals surface area contributed by atoms with Crippen LogP contribution in [0.15, 0.2) is 61.1 Å². The maximum atomic E-state index is 9.00. The number of benzene rings is 2. The van der Waals surface area contributed by atoms with Crippen molar-refractivity contribution in [2.75, 3.05) is 43.1 Å². The first kappa shape index (κ1) is 19.8. The average Bonchev–Trinajstić information content (AvgIpc) is 3.27. The highest BCUT2D eigenvalue weighted by Crippen LogP contribution is 2.26. The number of ether oxygens (including phenoxy) is 1. The molecule has 4 aromatic rings. The summed E-state index contributed by atoms with van der Waals surface area (Å²) in [5.41, 5.74) is 3.79. The Bertz CT molecular complexity index is 1250. The summed E-state index contributed by atoms with van der Waals surface area (Å²) in [6.45, 7) is 4.12. The summed E-state index contributed by atoms with van der Waals surface area (Å²) < 4.78 is 7.15. The van der Waals surface area contributed by atoms with Crippen molar-refractivity contribution in [3.63, 3.8) is 0 Å². The van der Waals surface area contributed by atoms with Gasteiger partial charge < -0.3 is 14.5 Å². The summed E-state index contributed by atoms with van der Waals surface area (Å²) in [4.78, 5) is 13.7. The third-order valence-electron chi connectivity index (χ3n) is 5.84. The van der Waals surface area contributed by atoms with Gasteiger partial charge in [0.05, 0.1) is 36.9 Å². The first-order valence-electron chi connectivity index (χ1n) is 10.5. The lowest BCUT2D eigenvalue weighted by molar-refractivity contribution is 0.414. The molecule has 0 N–H and O–H groups in total. The van der Waals surface area contributed by atoms with E-state index in [-0.39, 0.29) is 0 Å². The van der Waals surface area contributed by atoms with Crippen LogP contribution < -0.4 is 14.5 Å². The smallest absolute Gasteiger partial charge is 0.163 e. The van der Waals surface area contributed by atoms with Crippen LogP contribution in [0.4, 0.5) is 11.5 Å². The van der Waals surface area contributed by atoms with Gasteiger partial charge in [0.1, 0.15) is 17.9 Å². The standard InChI is InChI=1S/C24H23N7O/c1-32-21-8-4-19(5-9-21)16-31-24-22(15-28-31)23(26-17-27-24)30-12-10-29(11-13-30)20-6-2-18(14-25)3-7-20/h2-9,15,17H,10-13,16H2,1H3. The Kier molecular flexibility index (Phi) is 5.30. The van der Waals surface area contributed by atoms with Crippen LogP contribution in [0.2, 0.25) is 0 Å². The summed E-state index contributed by atoms with van der Waals surface area (Å²) in [6, 6.07) is 17.9. The van der Waals surface area contributed by atoms with Crippen molar-refractivity contribution in [3.8, 4) is 11.8 Å². The van der Waals surface area contributed by atoms with Gasteiger partial charge in [-0.2, -0.15) is 10.4 Å². The lowest BCUT2D eigenvalue weighted by Crippen LogP contribution is -2.46. The molecule has 1 fully saturated rings. The monoisotopic (exact) mass is 425 g/mol. The van der Waals surface area contributed by atoms with Crippen molar-refractivity contribution < 1.29 is 4.74 Å². The number of nitriles is 1. The third kappa shape index (κ3) is 3.81. The molecule has 2 aromatic carbocycles. The van der Waals surface area contributed by atoms with Gasteiger partial charge in [-0.25, -0.2) is 14.6 Å². The Morgan fingerprint density at radius 3 is 2.34 bits per heavy atom. The second-order valence-corrected chi connectivity index (χ2v) is 7.72. The van der Waals surface area contributed by atoms with Crippen LogP contribution in [0.1, 0.15) is 11.1 Å². The van der Waals surface area contributed by atoms with E-state index in [1.165, 1.54) is 0 Å². The second-order valence-electron chi connectivity index (χ2n) is 7.72. The summed E-state index contributed by atoms with van der Waals surface area (Å²) in [5.74, 6) is 1.76. The molecule has 32 heavy (non-hydrogen) atoms. The summed E-state index contributed by atoms with van der Waals surface area (Å²) in [6.07, 6.45) is 3.48. The van der Waals surface area contributed by atoms with Crippen LogP contribution in [0.3, 0.4) is 0 Å². The van der Waals surface area contributed by atoms with Gasteiger partial charge in [0.25, 0.3) is 0 Å². The van der Waals surface area contributed by atoms with E-state index in [4.69, 9.17) is 10.00 Å². The van der Waals surface area contributed by atoms with E-state index in [1.807, 2.05) is 59.4 Å². The quantitative estimate of drug-likeness (QED) is 0.486. The van der Waals surface area contributed by atoms with Gasteiger partial charge in [0, 0.05) is 31.9 Å². The molecule has 5 rings (SSSR count). The molecule has 0 aliphatic carbocycles. The van der Waals surface area contributed by atoms with Crippen molar-refractivity contribution in [1.82, 2.24) is 19.7 Å². The van der Waals surface area contributed by atoms with Crippen LogP contribution in [0.5, 0.6) is 5.75 Å². The maximum Gasteiger partial charge on any atom is 0.163 e. The highest BCUT2D eigenvalue weighted by molar-refractivity contribution is 5.86. The van der Waals surface area contributed by atoms with Gasteiger partial charge in [-0.1, -0.05) is 12.1 Å². The number of hydrogen-bond acceptors (Lipinski definition) is 7.